The van der Waals surface area contributed by atoms with Crippen LogP contribution in [-0.2, 0) is 11.8 Å². The highest BCUT2D eigenvalue weighted by atomic mass is 19.1. The van der Waals surface area contributed by atoms with Crippen molar-refractivity contribution >= 4 is 22.6 Å². The number of fused-ring (bicyclic) bond motifs is 2. The normalized spacial score (nSPS) is 13.4. The number of halogens is 1. The molecular weight excluding hydrogens is 343 g/mol. The molecule has 9 nitrogen and oxygen atoms in total. The van der Waals surface area contributed by atoms with Crippen LogP contribution in [0.4, 0.5) is 10.1 Å². The van der Waals surface area contributed by atoms with Crippen molar-refractivity contribution in [1.29, 1.82) is 0 Å². The monoisotopic (exact) mass is 354 g/mol. The number of carbonyl (C=O) groups excluding carboxylic acids is 1. The molecule has 130 valence electrons. The van der Waals surface area contributed by atoms with Crippen LogP contribution < -0.4 is 15.2 Å². The second-order valence-corrected chi connectivity index (χ2v) is 5.56. The summed E-state index contributed by atoms with van der Waals surface area (Å²) >= 11 is 0. The molecule has 1 aliphatic heterocycles. The minimum absolute atomic E-state index is 0.0114. The Morgan fingerprint density at radius 2 is 2.15 bits per heavy atom. The van der Waals surface area contributed by atoms with Gasteiger partial charge in [-0.1, -0.05) is 11.1 Å². The Morgan fingerprint density at radius 1 is 1.35 bits per heavy atom. The van der Waals surface area contributed by atoms with Gasteiger partial charge in [0, 0.05) is 13.1 Å². The molecule has 10 heteroatoms. The maximum atomic E-state index is 14.6. The topological polar surface area (TPSA) is 95.1 Å². The molecule has 3 aromatic rings. The molecule has 26 heavy (non-hydrogen) atoms. The molecule has 2 aromatic heterocycles. The quantitative estimate of drug-likeness (QED) is 0.602. The zero-order valence-electron chi connectivity index (χ0n) is 13.5. The second-order valence-electron chi connectivity index (χ2n) is 5.56. The number of aryl methyl sites for hydroxylation is 1. The van der Waals surface area contributed by atoms with E-state index in [0.29, 0.717) is 0 Å². The van der Waals surface area contributed by atoms with E-state index < -0.39 is 11.4 Å². The fourth-order valence-corrected chi connectivity index (χ4v) is 2.74. The van der Waals surface area contributed by atoms with E-state index in [1.807, 2.05) is 0 Å². The lowest BCUT2D eigenvalue weighted by Crippen LogP contribution is -2.39. The minimum Gasteiger partial charge on any atom is -0.481 e. The highest BCUT2D eigenvalue weighted by Gasteiger charge is 2.27. The van der Waals surface area contributed by atoms with Crippen LogP contribution in [0.1, 0.15) is 0 Å². The van der Waals surface area contributed by atoms with E-state index >= 15 is 0 Å². The van der Waals surface area contributed by atoms with Crippen molar-refractivity contribution in [3.05, 3.63) is 34.5 Å². The number of hydrogen-bond donors (Lipinski definition) is 0. The lowest BCUT2D eigenvalue weighted by Gasteiger charge is -2.28. The molecule has 0 aliphatic carbocycles. The van der Waals surface area contributed by atoms with Crippen LogP contribution in [0, 0.1) is 18.2 Å². The van der Waals surface area contributed by atoms with E-state index in [1.54, 1.807) is 7.05 Å². The average molecular weight is 354 g/mol. The molecule has 0 radical (unpaired) electrons. The zero-order valence-corrected chi connectivity index (χ0v) is 13.5. The third-order valence-corrected chi connectivity index (χ3v) is 4.01. The number of hydrogen-bond acceptors (Lipinski definition) is 6. The number of nitrogens with zero attached hydrogens (tertiary/aromatic N) is 6. The van der Waals surface area contributed by atoms with Crippen LogP contribution in [-0.4, -0.2) is 43.8 Å². The van der Waals surface area contributed by atoms with Crippen LogP contribution in [0.25, 0.3) is 16.7 Å². The molecule has 1 aromatic carbocycles. The standard InChI is InChI=1S/C16H11FN6O3/c1-3-4-22-12-6-11(10(17)5-13(12)26-8-14(22)24)23-16(25)9-7-18-21(2)15(9)19-20-23/h1,5-7H,4,8H2,2H3. The second kappa shape index (κ2) is 5.66. The predicted molar refractivity (Wildman–Crippen MR) is 88.5 cm³/mol. The zero-order chi connectivity index (χ0) is 18.4. The van der Waals surface area contributed by atoms with Gasteiger partial charge < -0.3 is 4.74 Å². The number of anilines is 1. The van der Waals surface area contributed by atoms with Crippen molar-refractivity contribution in [2.75, 3.05) is 18.1 Å². The molecule has 3 heterocycles. The molecule has 0 fully saturated rings. The van der Waals surface area contributed by atoms with Crippen molar-refractivity contribution in [3.63, 3.8) is 0 Å². The summed E-state index contributed by atoms with van der Waals surface area (Å²) < 4.78 is 22.0. The summed E-state index contributed by atoms with van der Waals surface area (Å²) in [6.45, 7) is -0.253. The Morgan fingerprint density at radius 3 is 2.92 bits per heavy atom. The van der Waals surface area contributed by atoms with Gasteiger partial charge in [-0.3, -0.25) is 14.5 Å². The van der Waals surface area contributed by atoms with Crippen LogP contribution in [0.15, 0.2) is 23.1 Å². The SMILES string of the molecule is C#CCN1C(=O)COc2cc(F)c(-n3nnc4c(cnn4C)c3=O)cc21. The van der Waals surface area contributed by atoms with Gasteiger partial charge in [-0.25, -0.2) is 9.07 Å². The summed E-state index contributed by atoms with van der Waals surface area (Å²) in [4.78, 5) is 25.9. The van der Waals surface area contributed by atoms with Gasteiger partial charge in [0.05, 0.1) is 18.4 Å². The Bertz CT molecular complexity index is 1160. The molecule has 1 aliphatic rings. The number of aromatic nitrogens is 5. The van der Waals surface area contributed by atoms with E-state index in [2.05, 4.69) is 21.3 Å². The van der Waals surface area contributed by atoms with E-state index in [-0.39, 0.29) is 47.2 Å². The third-order valence-electron chi connectivity index (χ3n) is 4.01. The van der Waals surface area contributed by atoms with Crippen molar-refractivity contribution in [2.24, 2.45) is 7.05 Å². The maximum absolute atomic E-state index is 14.6. The Labute approximate surface area is 145 Å². The smallest absolute Gasteiger partial charge is 0.285 e. The molecule has 0 atom stereocenters. The predicted octanol–water partition coefficient (Wildman–Crippen LogP) is 0.0119. The Hall–Kier alpha value is -3.74. The third kappa shape index (κ3) is 2.21. The van der Waals surface area contributed by atoms with Gasteiger partial charge >= 0.3 is 0 Å². The van der Waals surface area contributed by atoms with Crippen molar-refractivity contribution < 1.29 is 13.9 Å². The van der Waals surface area contributed by atoms with Crippen LogP contribution in [0.2, 0.25) is 0 Å². The Kier molecular flexibility index (Phi) is 3.43. The summed E-state index contributed by atoms with van der Waals surface area (Å²) in [5.41, 5.74) is -0.228. The molecule has 0 saturated heterocycles. The summed E-state index contributed by atoms with van der Waals surface area (Å²) in [6.07, 6.45) is 6.63. The minimum atomic E-state index is -0.751. The fraction of sp³-hybridized carbons (Fsp3) is 0.188. The summed E-state index contributed by atoms with van der Waals surface area (Å²) in [5, 5.41) is 11.8. The van der Waals surface area contributed by atoms with Crippen LogP contribution in [0.3, 0.4) is 0 Å². The summed E-state index contributed by atoms with van der Waals surface area (Å²) in [6, 6.07) is 2.37. The molecule has 0 saturated carbocycles. The molecule has 4 rings (SSSR count). The summed E-state index contributed by atoms with van der Waals surface area (Å²) in [7, 11) is 1.61. The highest BCUT2D eigenvalue weighted by molar-refractivity contribution is 5.98. The molecule has 1 amide bonds. The van der Waals surface area contributed by atoms with Crippen molar-refractivity contribution in [1.82, 2.24) is 24.8 Å². The first-order valence-electron chi connectivity index (χ1n) is 7.49. The fourth-order valence-electron chi connectivity index (χ4n) is 2.74. The first kappa shape index (κ1) is 15.8. The number of rotatable bonds is 2. The molecule has 0 N–H and O–H groups in total. The molecule has 0 spiro atoms. The van der Waals surface area contributed by atoms with Crippen molar-refractivity contribution in [3.8, 4) is 23.8 Å². The van der Waals surface area contributed by atoms with Gasteiger partial charge in [0.15, 0.2) is 18.1 Å². The first-order valence-corrected chi connectivity index (χ1v) is 7.49. The number of benzene rings is 1. The van der Waals surface area contributed by atoms with Gasteiger partial charge in [0.1, 0.15) is 16.8 Å². The van der Waals surface area contributed by atoms with Gasteiger partial charge in [0.25, 0.3) is 11.5 Å². The van der Waals surface area contributed by atoms with Gasteiger partial charge in [-0.2, -0.15) is 9.78 Å². The Balaban J connectivity index is 1.94. The number of ether oxygens (including phenoxy) is 1. The lowest BCUT2D eigenvalue weighted by atomic mass is 10.2. The van der Waals surface area contributed by atoms with E-state index in [1.165, 1.54) is 21.8 Å². The maximum Gasteiger partial charge on any atom is 0.285 e. The number of amides is 1. The van der Waals surface area contributed by atoms with Gasteiger partial charge in [-0.05, 0) is 6.07 Å². The largest absolute Gasteiger partial charge is 0.481 e. The number of carbonyl (C=O) groups is 1. The van der Waals surface area contributed by atoms with Crippen molar-refractivity contribution in [2.45, 2.75) is 0 Å². The van der Waals surface area contributed by atoms with E-state index in [9.17, 15) is 14.0 Å². The first-order chi connectivity index (χ1) is 12.5. The van der Waals surface area contributed by atoms with Crippen LogP contribution in [0.5, 0.6) is 5.75 Å². The lowest BCUT2D eigenvalue weighted by molar-refractivity contribution is -0.121. The van der Waals surface area contributed by atoms with Crippen LogP contribution >= 0.6 is 0 Å². The highest BCUT2D eigenvalue weighted by Crippen LogP contribution is 2.35. The van der Waals surface area contributed by atoms with Gasteiger partial charge in [0.2, 0.25) is 0 Å². The molecule has 0 bridgehead atoms. The summed E-state index contributed by atoms with van der Waals surface area (Å²) in [5.74, 6) is 1.41. The molecule has 0 unspecified atom stereocenters. The van der Waals surface area contributed by atoms with E-state index in [0.717, 1.165) is 10.7 Å². The van der Waals surface area contributed by atoms with E-state index in [4.69, 9.17) is 11.2 Å². The number of terminal acetylenes is 1. The molecular formula is C16H11FN6O3. The van der Waals surface area contributed by atoms with Gasteiger partial charge in [-0.15, -0.1) is 11.5 Å². The average Bonchev–Trinajstić information content (AvgIpc) is 3.00.